The standard InChI is InChI=1S/C12H14N2O2.C9H11NO2.C3H6ClNO/c1-7-5-6-9-10(8(7)2)11(15)16-12(13-9)14(3)4;1-5-3-4-7(10)8(6(5)2)9(11)12;1-5(2)3(4)6/h5-6H,1-4H3;3-4H,10H2,1-2H3,(H,11,12);1-2H3. The van der Waals surface area contributed by atoms with E-state index in [-0.39, 0.29) is 11.2 Å². The average Bonchev–Trinajstić information content (AvgIpc) is 2.74. The number of anilines is 2. The number of carbonyl (C=O) groups is 2. The minimum atomic E-state index is -0.964. The van der Waals surface area contributed by atoms with Crippen LogP contribution in [0.3, 0.4) is 0 Å². The number of aromatic carboxylic acids is 1. The highest BCUT2D eigenvalue weighted by atomic mass is 35.5. The highest BCUT2D eigenvalue weighted by Crippen LogP contribution is 2.20. The second kappa shape index (κ2) is 12.0. The molecule has 184 valence electrons. The van der Waals surface area contributed by atoms with E-state index >= 15 is 0 Å². The molecule has 0 fully saturated rings. The Bertz CT molecular complexity index is 1250. The van der Waals surface area contributed by atoms with E-state index in [0.29, 0.717) is 22.6 Å². The van der Waals surface area contributed by atoms with Crippen LogP contribution in [0.2, 0.25) is 0 Å². The number of benzene rings is 2. The van der Waals surface area contributed by atoms with E-state index in [4.69, 9.17) is 26.9 Å². The molecule has 0 spiro atoms. The van der Waals surface area contributed by atoms with Gasteiger partial charge in [-0.25, -0.2) is 9.59 Å². The van der Waals surface area contributed by atoms with Crippen LogP contribution in [0.1, 0.15) is 32.6 Å². The predicted octanol–water partition coefficient (Wildman–Crippen LogP) is 4.36. The van der Waals surface area contributed by atoms with Crippen LogP contribution in [0, 0.1) is 27.7 Å². The number of carboxylic acid groups (broad SMARTS) is 1. The molecule has 34 heavy (non-hydrogen) atoms. The van der Waals surface area contributed by atoms with E-state index in [9.17, 15) is 14.4 Å². The van der Waals surface area contributed by atoms with Gasteiger partial charge >= 0.3 is 17.0 Å². The molecule has 3 rings (SSSR count). The Hall–Kier alpha value is -3.59. The molecule has 0 aliphatic heterocycles. The van der Waals surface area contributed by atoms with Crippen molar-refractivity contribution in [1.29, 1.82) is 0 Å². The molecule has 1 aromatic heterocycles. The minimum absolute atomic E-state index is 0.218. The van der Waals surface area contributed by atoms with Crippen LogP contribution in [-0.4, -0.2) is 54.5 Å². The van der Waals surface area contributed by atoms with Gasteiger partial charge in [-0.1, -0.05) is 12.1 Å². The topological polar surface area (TPSA) is 130 Å². The number of halogens is 1. The van der Waals surface area contributed by atoms with Crippen molar-refractivity contribution in [3.8, 4) is 0 Å². The first-order chi connectivity index (χ1) is 15.7. The van der Waals surface area contributed by atoms with Crippen LogP contribution in [0.15, 0.2) is 33.5 Å². The van der Waals surface area contributed by atoms with Gasteiger partial charge in [0.25, 0.3) is 6.01 Å². The van der Waals surface area contributed by atoms with Gasteiger partial charge in [-0.3, -0.25) is 4.79 Å². The summed E-state index contributed by atoms with van der Waals surface area (Å²) in [6.45, 7) is 7.50. The van der Waals surface area contributed by atoms with Gasteiger partial charge in [0.1, 0.15) is 0 Å². The quantitative estimate of drug-likeness (QED) is 0.308. The van der Waals surface area contributed by atoms with Crippen LogP contribution < -0.4 is 16.3 Å². The number of aryl methyl sites for hydroxylation is 3. The molecule has 0 saturated carbocycles. The fourth-order valence-electron chi connectivity index (χ4n) is 2.72. The van der Waals surface area contributed by atoms with Crippen molar-refractivity contribution in [3.63, 3.8) is 0 Å². The lowest BCUT2D eigenvalue weighted by Gasteiger charge is -2.10. The molecule has 0 bridgehead atoms. The van der Waals surface area contributed by atoms with Crippen molar-refractivity contribution in [2.24, 2.45) is 0 Å². The molecule has 3 N–H and O–H groups in total. The minimum Gasteiger partial charge on any atom is -0.478 e. The fraction of sp³-hybridized carbons (Fsp3) is 0.333. The summed E-state index contributed by atoms with van der Waals surface area (Å²) in [6.07, 6.45) is 0. The second-order valence-corrected chi connectivity index (χ2v) is 8.33. The molecule has 3 aromatic rings. The predicted molar refractivity (Wildman–Crippen MR) is 136 cm³/mol. The Labute approximate surface area is 203 Å². The molecule has 0 aliphatic rings. The first kappa shape index (κ1) is 28.4. The van der Waals surface area contributed by atoms with E-state index in [2.05, 4.69) is 4.98 Å². The maximum Gasteiger partial charge on any atom is 0.348 e. The number of rotatable bonds is 2. The summed E-state index contributed by atoms with van der Waals surface area (Å²) < 4.78 is 5.15. The number of nitrogen functional groups attached to an aromatic ring is 1. The van der Waals surface area contributed by atoms with Gasteiger partial charge in [0, 0.05) is 33.9 Å². The zero-order valence-electron chi connectivity index (χ0n) is 20.7. The summed E-state index contributed by atoms with van der Waals surface area (Å²) in [5.41, 5.74) is 10.1. The molecule has 10 heteroatoms. The molecular formula is C24H31ClN4O5. The van der Waals surface area contributed by atoms with Crippen molar-refractivity contribution in [1.82, 2.24) is 9.88 Å². The maximum atomic E-state index is 11.8. The smallest absolute Gasteiger partial charge is 0.348 e. The van der Waals surface area contributed by atoms with E-state index in [0.717, 1.165) is 22.3 Å². The maximum absolute atomic E-state index is 11.8. The van der Waals surface area contributed by atoms with Gasteiger partial charge < -0.3 is 25.1 Å². The summed E-state index contributed by atoms with van der Waals surface area (Å²) in [6, 6.07) is 7.58. The lowest BCUT2D eigenvalue weighted by atomic mass is 10.0. The molecule has 0 atom stereocenters. The number of carboxylic acids is 1. The van der Waals surface area contributed by atoms with Crippen molar-refractivity contribution < 1.29 is 19.1 Å². The van der Waals surface area contributed by atoms with E-state index in [1.807, 2.05) is 39.0 Å². The van der Waals surface area contributed by atoms with Gasteiger partial charge in [-0.2, -0.15) is 4.98 Å². The van der Waals surface area contributed by atoms with Gasteiger partial charge in [0.15, 0.2) is 0 Å². The molecule has 9 nitrogen and oxygen atoms in total. The zero-order chi connectivity index (χ0) is 26.3. The van der Waals surface area contributed by atoms with Crippen molar-refractivity contribution >= 4 is 45.5 Å². The van der Waals surface area contributed by atoms with E-state index < -0.39 is 11.3 Å². The molecule has 1 heterocycles. The molecule has 0 radical (unpaired) electrons. The highest BCUT2D eigenvalue weighted by molar-refractivity contribution is 6.62. The normalized spacial score (nSPS) is 9.91. The van der Waals surface area contributed by atoms with Gasteiger partial charge in [0.05, 0.1) is 16.5 Å². The van der Waals surface area contributed by atoms with Crippen molar-refractivity contribution in [2.45, 2.75) is 27.7 Å². The van der Waals surface area contributed by atoms with Gasteiger partial charge in [-0.15, -0.1) is 0 Å². The molecular weight excluding hydrogens is 460 g/mol. The van der Waals surface area contributed by atoms with Crippen LogP contribution in [0.25, 0.3) is 10.9 Å². The summed E-state index contributed by atoms with van der Waals surface area (Å²) in [4.78, 5) is 39.7. The Kier molecular flexibility index (Phi) is 10.1. The first-order valence-corrected chi connectivity index (χ1v) is 10.6. The lowest BCUT2D eigenvalue weighted by Crippen LogP contribution is -2.15. The Morgan fingerprint density at radius 2 is 1.47 bits per heavy atom. The molecule has 0 unspecified atom stereocenters. The molecule has 0 aliphatic carbocycles. The van der Waals surface area contributed by atoms with E-state index in [1.54, 1.807) is 46.1 Å². The van der Waals surface area contributed by atoms with Crippen LogP contribution in [0.4, 0.5) is 16.5 Å². The number of nitrogens with two attached hydrogens (primary N) is 1. The molecule has 1 amide bonds. The first-order valence-electron chi connectivity index (χ1n) is 10.2. The number of amides is 1. The Morgan fingerprint density at radius 3 is 1.91 bits per heavy atom. The van der Waals surface area contributed by atoms with Gasteiger partial charge in [-0.05, 0) is 73.7 Å². The Morgan fingerprint density at radius 1 is 0.971 bits per heavy atom. The van der Waals surface area contributed by atoms with Gasteiger partial charge in [0.2, 0.25) is 0 Å². The average molecular weight is 491 g/mol. The second-order valence-electron chi connectivity index (χ2n) is 8.00. The monoisotopic (exact) mass is 490 g/mol. The van der Waals surface area contributed by atoms with Crippen LogP contribution >= 0.6 is 11.6 Å². The summed E-state index contributed by atoms with van der Waals surface area (Å²) in [5, 5.41) is 8.93. The SMILES string of the molecule is CN(C)C(=O)Cl.Cc1ccc(N)c(C(=O)O)c1C.Cc1ccc2nc(N(C)C)oc(=O)c2c1C. The van der Waals surface area contributed by atoms with E-state index in [1.165, 1.54) is 4.90 Å². The Balaban J connectivity index is 0.000000284. The number of fused-ring (bicyclic) bond motifs is 1. The van der Waals surface area contributed by atoms with Crippen LogP contribution in [-0.2, 0) is 0 Å². The third-order valence-corrected chi connectivity index (χ3v) is 5.37. The molecule has 2 aromatic carbocycles. The van der Waals surface area contributed by atoms with Crippen molar-refractivity contribution in [2.75, 3.05) is 38.8 Å². The number of aromatic nitrogens is 1. The third kappa shape index (κ3) is 7.21. The lowest BCUT2D eigenvalue weighted by molar-refractivity contribution is 0.0697. The summed E-state index contributed by atoms with van der Waals surface area (Å²) in [5.74, 6) is -0.964. The number of hydrogen-bond donors (Lipinski definition) is 2. The number of carbonyl (C=O) groups excluding carboxylic acids is 1. The fourth-order valence-corrected chi connectivity index (χ4v) is 2.72. The number of nitrogens with zero attached hydrogens (tertiary/aromatic N) is 3. The van der Waals surface area contributed by atoms with Crippen LogP contribution in [0.5, 0.6) is 0 Å². The summed E-state index contributed by atoms with van der Waals surface area (Å²) in [7, 11) is 6.76. The number of hydrogen-bond acceptors (Lipinski definition) is 7. The largest absolute Gasteiger partial charge is 0.478 e. The molecule has 0 saturated heterocycles. The highest BCUT2D eigenvalue weighted by Gasteiger charge is 2.12. The summed E-state index contributed by atoms with van der Waals surface area (Å²) >= 11 is 4.90. The third-order valence-electron chi connectivity index (χ3n) is 5.03. The zero-order valence-corrected chi connectivity index (χ0v) is 21.4. The van der Waals surface area contributed by atoms with Crippen molar-refractivity contribution in [3.05, 3.63) is 62.5 Å².